The van der Waals surface area contributed by atoms with Crippen LogP contribution in [0.2, 0.25) is 0 Å². The molecule has 0 aromatic heterocycles. The first-order chi connectivity index (χ1) is 9.70. The van der Waals surface area contributed by atoms with Crippen LogP contribution in [-0.4, -0.2) is 22.5 Å². The molecule has 0 saturated heterocycles. The largest absolute Gasteiger partial charge is 0.294 e. The molecule has 1 N–H and O–H groups in total. The van der Waals surface area contributed by atoms with Gasteiger partial charge in [0.1, 0.15) is 0 Å². The summed E-state index contributed by atoms with van der Waals surface area (Å²) in [7, 11) is -5.16. The topological polar surface area (TPSA) is 54.4 Å². The zero-order valence-electron chi connectivity index (χ0n) is 12.8. The monoisotopic (exact) mass is 320 g/mol. The van der Waals surface area contributed by atoms with Gasteiger partial charge in [-0.15, -0.1) is 0 Å². The number of rotatable bonds is 3. The Labute approximate surface area is 128 Å². The second kappa shape index (κ2) is 5.75. The maximum Gasteiger partial charge on any atom is 0.294 e. The number of benzene rings is 2. The molecule has 0 aliphatic carbocycles. The Morgan fingerprint density at radius 1 is 1.00 bits per heavy atom. The lowest BCUT2D eigenvalue weighted by molar-refractivity contribution is 0.483. The SMILES string of the molecule is Cc1cc(C)c([SiH2]c2cccc(C)c2C)c(S(=O)(=O)O)c1. The fraction of sp³-hybridized carbons (Fsp3) is 0.250. The van der Waals surface area contributed by atoms with Crippen molar-refractivity contribution < 1.29 is 13.0 Å². The highest BCUT2D eigenvalue weighted by Gasteiger charge is 2.19. The average Bonchev–Trinajstić information content (AvgIpc) is 2.36. The van der Waals surface area contributed by atoms with Gasteiger partial charge in [-0.05, 0) is 55.6 Å². The minimum Gasteiger partial charge on any atom is -0.282 e. The summed E-state index contributed by atoms with van der Waals surface area (Å²) < 4.78 is 32.9. The molecule has 0 amide bonds. The molecule has 0 aliphatic heterocycles. The van der Waals surface area contributed by atoms with E-state index in [0.29, 0.717) is 0 Å². The standard InChI is InChI=1S/C16H20O3SSi/c1-10-8-12(3)16(14(9-10)20(17,18)19)21-15-7-5-6-11(2)13(15)4/h5-9H,21H2,1-4H3,(H,17,18,19). The third-order valence-electron chi connectivity index (χ3n) is 3.94. The predicted octanol–water partition coefficient (Wildman–Crippen LogP) is 1.29. The lowest BCUT2D eigenvalue weighted by Gasteiger charge is -2.14. The van der Waals surface area contributed by atoms with E-state index in [-0.39, 0.29) is 4.90 Å². The quantitative estimate of drug-likeness (QED) is 0.685. The van der Waals surface area contributed by atoms with Gasteiger partial charge in [0.2, 0.25) is 0 Å². The van der Waals surface area contributed by atoms with Crippen LogP contribution in [0.3, 0.4) is 0 Å². The molecule has 2 aromatic rings. The highest BCUT2D eigenvalue weighted by molar-refractivity contribution is 7.86. The second-order valence-corrected chi connectivity index (χ2v) is 8.78. The molecule has 2 rings (SSSR count). The van der Waals surface area contributed by atoms with Gasteiger partial charge in [-0.25, -0.2) is 0 Å². The summed E-state index contributed by atoms with van der Waals surface area (Å²) in [5, 5.41) is 2.02. The average molecular weight is 320 g/mol. The van der Waals surface area contributed by atoms with Gasteiger partial charge in [-0.3, -0.25) is 4.55 Å². The Bertz CT molecular complexity index is 795. The second-order valence-electron chi connectivity index (χ2n) is 5.57. The van der Waals surface area contributed by atoms with Crippen LogP contribution in [0.25, 0.3) is 0 Å². The van der Waals surface area contributed by atoms with Crippen LogP contribution in [0.4, 0.5) is 0 Å². The van der Waals surface area contributed by atoms with Crippen molar-refractivity contribution in [2.45, 2.75) is 32.6 Å². The van der Waals surface area contributed by atoms with Gasteiger partial charge in [0, 0.05) is 0 Å². The Morgan fingerprint density at radius 2 is 1.67 bits per heavy atom. The maximum absolute atomic E-state index is 11.7. The van der Waals surface area contributed by atoms with E-state index in [9.17, 15) is 13.0 Å². The van der Waals surface area contributed by atoms with Gasteiger partial charge in [-0.1, -0.05) is 35.0 Å². The van der Waals surface area contributed by atoms with E-state index in [1.165, 1.54) is 16.3 Å². The third-order valence-corrected chi connectivity index (χ3v) is 7.55. The molecule has 0 aliphatic rings. The summed E-state index contributed by atoms with van der Waals surface area (Å²) >= 11 is 0. The van der Waals surface area contributed by atoms with Crippen molar-refractivity contribution in [3.63, 3.8) is 0 Å². The van der Waals surface area contributed by atoms with Crippen molar-refractivity contribution in [3.05, 3.63) is 52.6 Å². The lowest BCUT2D eigenvalue weighted by atomic mass is 10.1. The Morgan fingerprint density at radius 3 is 2.29 bits per heavy atom. The van der Waals surface area contributed by atoms with Crippen LogP contribution in [0, 0.1) is 27.7 Å². The molecule has 2 aromatic carbocycles. The predicted molar refractivity (Wildman–Crippen MR) is 89.5 cm³/mol. The molecule has 0 saturated carbocycles. The molecule has 21 heavy (non-hydrogen) atoms. The van der Waals surface area contributed by atoms with Crippen LogP contribution >= 0.6 is 0 Å². The van der Waals surface area contributed by atoms with E-state index in [0.717, 1.165) is 16.3 Å². The fourth-order valence-corrected chi connectivity index (χ4v) is 6.02. The normalized spacial score (nSPS) is 12.2. The van der Waals surface area contributed by atoms with Crippen molar-refractivity contribution in [1.82, 2.24) is 0 Å². The van der Waals surface area contributed by atoms with Crippen molar-refractivity contribution in [2.24, 2.45) is 0 Å². The maximum atomic E-state index is 11.7. The molecule has 3 nitrogen and oxygen atoms in total. The van der Waals surface area contributed by atoms with Crippen LogP contribution in [0.5, 0.6) is 0 Å². The van der Waals surface area contributed by atoms with E-state index in [1.807, 2.05) is 26.0 Å². The van der Waals surface area contributed by atoms with Crippen LogP contribution < -0.4 is 10.4 Å². The summed E-state index contributed by atoms with van der Waals surface area (Å²) in [4.78, 5) is 0.0765. The summed E-state index contributed by atoms with van der Waals surface area (Å²) in [6.07, 6.45) is 0. The molecule has 112 valence electrons. The van der Waals surface area contributed by atoms with Crippen molar-refractivity contribution in [1.29, 1.82) is 0 Å². The molecule has 0 radical (unpaired) electrons. The first kappa shape index (κ1) is 15.9. The summed E-state index contributed by atoms with van der Waals surface area (Å²) in [5.74, 6) is 0. The molecule has 0 bridgehead atoms. The van der Waals surface area contributed by atoms with E-state index in [2.05, 4.69) is 26.0 Å². The summed E-state index contributed by atoms with van der Waals surface area (Å²) in [6, 6.07) is 9.65. The van der Waals surface area contributed by atoms with E-state index in [1.54, 1.807) is 6.07 Å². The van der Waals surface area contributed by atoms with Crippen LogP contribution in [-0.2, 0) is 10.1 Å². The molecule has 0 unspecified atom stereocenters. The first-order valence-electron chi connectivity index (χ1n) is 6.83. The summed E-state index contributed by atoms with van der Waals surface area (Å²) in [6.45, 7) is 7.87. The molecular weight excluding hydrogens is 300 g/mol. The molecule has 0 spiro atoms. The highest BCUT2D eigenvalue weighted by Crippen LogP contribution is 2.12. The van der Waals surface area contributed by atoms with E-state index < -0.39 is 19.6 Å². The third kappa shape index (κ3) is 3.43. The van der Waals surface area contributed by atoms with Gasteiger partial charge in [-0.2, -0.15) is 8.42 Å². The molecule has 0 atom stereocenters. The number of aryl methyl sites for hydroxylation is 3. The zero-order chi connectivity index (χ0) is 15.8. The van der Waals surface area contributed by atoms with E-state index >= 15 is 0 Å². The Kier molecular flexibility index (Phi) is 4.37. The van der Waals surface area contributed by atoms with Crippen molar-refractivity contribution in [2.75, 3.05) is 0 Å². The van der Waals surface area contributed by atoms with E-state index in [4.69, 9.17) is 0 Å². The first-order valence-corrected chi connectivity index (χ1v) is 9.68. The fourth-order valence-electron chi connectivity index (χ4n) is 2.61. The highest BCUT2D eigenvalue weighted by atomic mass is 32.2. The Hall–Kier alpha value is -1.43. The summed E-state index contributed by atoms with van der Waals surface area (Å²) in [5.41, 5.74) is 4.21. The van der Waals surface area contributed by atoms with Crippen LogP contribution in [0.1, 0.15) is 22.3 Å². The number of hydrogen-bond donors (Lipinski definition) is 1. The van der Waals surface area contributed by atoms with Crippen molar-refractivity contribution in [3.8, 4) is 0 Å². The van der Waals surface area contributed by atoms with Crippen molar-refractivity contribution >= 4 is 30.0 Å². The molecular formula is C16H20O3SSi. The minimum atomic E-state index is -4.19. The molecule has 5 heteroatoms. The van der Waals surface area contributed by atoms with Gasteiger partial charge in [0.05, 0.1) is 14.4 Å². The van der Waals surface area contributed by atoms with Crippen LogP contribution in [0.15, 0.2) is 35.2 Å². The number of hydrogen-bond acceptors (Lipinski definition) is 2. The minimum absolute atomic E-state index is 0.0765. The van der Waals surface area contributed by atoms with Gasteiger partial charge >= 0.3 is 0 Å². The molecule has 0 heterocycles. The molecule has 0 fully saturated rings. The zero-order valence-corrected chi connectivity index (χ0v) is 15.0. The van der Waals surface area contributed by atoms with Gasteiger partial charge in [0.15, 0.2) is 0 Å². The van der Waals surface area contributed by atoms with Gasteiger partial charge in [0.25, 0.3) is 10.1 Å². The van der Waals surface area contributed by atoms with Gasteiger partial charge < -0.3 is 0 Å². The lowest BCUT2D eigenvalue weighted by Crippen LogP contribution is -2.35. The smallest absolute Gasteiger partial charge is 0.282 e. The Balaban J connectivity index is 2.62.